The first-order valence-electron chi connectivity index (χ1n) is 9.02. The Morgan fingerprint density at radius 2 is 1.96 bits per heavy atom. The number of rotatable bonds is 4. The molecule has 142 valence electrons. The van der Waals surface area contributed by atoms with Crippen LogP contribution in [0.4, 0.5) is 0 Å². The molecule has 8 nitrogen and oxygen atoms in total. The van der Waals surface area contributed by atoms with Crippen LogP contribution in [0.15, 0.2) is 41.3 Å². The number of likely N-dealkylation sites (tertiary alicyclic amines) is 1. The minimum Gasteiger partial charge on any atom is -0.472 e. The van der Waals surface area contributed by atoms with Crippen LogP contribution in [0.25, 0.3) is 0 Å². The molecule has 0 saturated carbocycles. The van der Waals surface area contributed by atoms with Crippen molar-refractivity contribution in [2.24, 2.45) is 0 Å². The van der Waals surface area contributed by atoms with Gasteiger partial charge in [0.1, 0.15) is 17.9 Å². The Hall–Kier alpha value is -2.87. The van der Waals surface area contributed by atoms with Crippen LogP contribution in [0, 0.1) is 0 Å². The molecule has 0 aliphatic carbocycles. The van der Waals surface area contributed by atoms with Crippen molar-refractivity contribution in [3.05, 3.63) is 48.0 Å². The quantitative estimate of drug-likeness (QED) is 0.809. The van der Waals surface area contributed by atoms with Crippen LogP contribution in [-0.4, -0.2) is 72.1 Å². The Balaban J connectivity index is 1.43. The highest BCUT2D eigenvalue weighted by molar-refractivity contribution is 5.96. The molecule has 2 aromatic heterocycles. The molecule has 0 aromatic carbocycles. The number of morpholine rings is 1. The van der Waals surface area contributed by atoms with Crippen LogP contribution in [0.2, 0.25) is 0 Å². The molecule has 1 atom stereocenters. The van der Waals surface area contributed by atoms with Gasteiger partial charge in [0.25, 0.3) is 11.8 Å². The summed E-state index contributed by atoms with van der Waals surface area (Å²) in [5, 5.41) is 0. The van der Waals surface area contributed by atoms with Gasteiger partial charge in [-0.15, -0.1) is 0 Å². The summed E-state index contributed by atoms with van der Waals surface area (Å²) in [6.45, 7) is 3.24. The number of carbonyl (C=O) groups excluding carboxylic acids is 2. The largest absolute Gasteiger partial charge is 0.472 e. The molecule has 2 aliphatic rings. The van der Waals surface area contributed by atoms with Gasteiger partial charge in [0.2, 0.25) is 5.88 Å². The maximum Gasteiger partial charge on any atom is 0.259 e. The van der Waals surface area contributed by atoms with Gasteiger partial charge in [-0.25, -0.2) is 4.98 Å². The number of nitrogens with zero attached hydrogens (tertiary/aromatic N) is 3. The highest BCUT2D eigenvalue weighted by Gasteiger charge is 2.30. The summed E-state index contributed by atoms with van der Waals surface area (Å²) in [7, 11) is 0. The zero-order chi connectivity index (χ0) is 18.6. The second kappa shape index (κ2) is 7.79. The van der Waals surface area contributed by atoms with Gasteiger partial charge in [0.15, 0.2) is 0 Å². The van der Waals surface area contributed by atoms with E-state index >= 15 is 0 Å². The summed E-state index contributed by atoms with van der Waals surface area (Å²) in [6.07, 6.45) is 5.01. The van der Waals surface area contributed by atoms with E-state index in [2.05, 4.69) is 4.98 Å². The SMILES string of the molecule is O=C(c1ccoc1)N1CCC(Oc2ncccc2C(=O)N2CCOCC2)C1. The summed E-state index contributed by atoms with van der Waals surface area (Å²) in [5.41, 5.74) is 0.968. The number of furan rings is 1. The zero-order valence-corrected chi connectivity index (χ0v) is 14.9. The second-order valence-electron chi connectivity index (χ2n) is 6.55. The molecule has 2 aliphatic heterocycles. The molecular weight excluding hydrogens is 350 g/mol. The van der Waals surface area contributed by atoms with Crippen molar-refractivity contribution in [1.82, 2.24) is 14.8 Å². The van der Waals surface area contributed by atoms with Crippen molar-refractivity contribution in [3.8, 4) is 5.88 Å². The standard InChI is InChI=1S/C19H21N3O5/c23-18(14-4-9-26-13-14)22-6-3-15(12-22)27-17-16(2-1-5-20-17)19(24)21-7-10-25-11-8-21/h1-2,4-5,9,13,15H,3,6-8,10-12H2. The Morgan fingerprint density at radius 1 is 1.11 bits per heavy atom. The highest BCUT2D eigenvalue weighted by atomic mass is 16.5. The average molecular weight is 371 g/mol. The normalized spacial score (nSPS) is 19.9. The van der Waals surface area contributed by atoms with Crippen molar-refractivity contribution in [2.45, 2.75) is 12.5 Å². The van der Waals surface area contributed by atoms with E-state index in [1.54, 1.807) is 34.2 Å². The number of amides is 2. The van der Waals surface area contributed by atoms with Crippen LogP contribution in [0.1, 0.15) is 27.1 Å². The van der Waals surface area contributed by atoms with E-state index in [0.717, 1.165) is 0 Å². The summed E-state index contributed by atoms with van der Waals surface area (Å²) in [6, 6.07) is 5.10. The number of aromatic nitrogens is 1. The Labute approximate surface area is 156 Å². The lowest BCUT2D eigenvalue weighted by Gasteiger charge is -2.27. The van der Waals surface area contributed by atoms with Crippen LogP contribution in [-0.2, 0) is 4.74 Å². The monoisotopic (exact) mass is 371 g/mol. The molecule has 0 radical (unpaired) electrons. The zero-order valence-electron chi connectivity index (χ0n) is 14.9. The van der Waals surface area contributed by atoms with Crippen LogP contribution in [0.3, 0.4) is 0 Å². The predicted octanol–water partition coefficient (Wildman–Crippen LogP) is 1.44. The summed E-state index contributed by atoms with van der Waals surface area (Å²) in [5.74, 6) is 0.128. The van der Waals surface area contributed by atoms with Gasteiger partial charge in [0.05, 0.1) is 31.6 Å². The maximum absolute atomic E-state index is 12.8. The molecule has 4 rings (SSSR count). The lowest BCUT2D eigenvalue weighted by molar-refractivity contribution is 0.0298. The van der Waals surface area contributed by atoms with Crippen molar-refractivity contribution >= 4 is 11.8 Å². The topological polar surface area (TPSA) is 85.1 Å². The first kappa shape index (κ1) is 17.5. The number of hydrogen-bond acceptors (Lipinski definition) is 6. The van der Waals surface area contributed by atoms with Gasteiger partial charge >= 0.3 is 0 Å². The maximum atomic E-state index is 12.8. The first-order chi connectivity index (χ1) is 13.2. The van der Waals surface area contributed by atoms with Crippen molar-refractivity contribution in [1.29, 1.82) is 0 Å². The van der Waals surface area contributed by atoms with E-state index in [0.29, 0.717) is 62.8 Å². The van der Waals surface area contributed by atoms with Crippen LogP contribution in [0.5, 0.6) is 5.88 Å². The first-order valence-corrected chi connectivity index (χ1v) is 9.02. The van der Waals surface area contributed by atoms with Gasteiger partial charge < -0.3 is 23.7 Å². The second-order valence-corrected chi connectivity index (χ2v) is 6.55. The van der Waals surface area contributed by atoms with E-state index in [1.807, 2.05) is 0 Å². The van der Waals surface area contributed by atoms with Crippen LogP contribution < -0.4 is 4.74 Å². The minimum absolute atomic E-state index is 0.0829. The number of ether oxygens (including phenoxy) is 2. The predicted molar refractivity (Wildman–Crippen MR) is 94.6 cm³/mol. The van der Waals surface area contributed by atoms with Gasteiger partial charge in [-0.2, -0.15) is 0 Å². The Kier molecular flexibility index (Phi) is 5.06. The van der Waals surface area contributed by atoms with E-state index in [-0.39, 0.29) is 17.9 Å². The van der Waals surface area contributed by atoms with E-state index in [4.69, 9.17) is 13.9 Å². The smallest absolute Gasteiger partial charge is 0.259 e. The molecule has 0 spiro atoms. The molecule has 2 fully saturated rings. The summed E-state index contributed by atoms with van der Waals surface area (Å²) in [4.78, 5) is 32.9. The minimum atomic E-state index is -0.202. The molecular formula is C19H21N3O5. The molecule has 8 heteroatoms. The molecule has 2 amide bonds. The van der Waals surface area contributed by atoms with Crippen LogP contribution >= 0.6 is 0 Å². The van der Waals surface area contributed by atoms with E-state index < -0.39 is 0 Å². The fraction of sp³-hybridized carbons (Fsp3) is 0.421. The van der Waals surface area contributed by atoms with Crippen molar-refractivity contribution in [2.75, 3.05) is 39.4 Å². The van der Waals surface area contributed by atoms with Crippen molar-refractivity contribution < 1.29 is 23.5 Å². The molecule has 2 saturated heterocycles. The van der Waals surface area contributed by atoms with Gasteiger partial charge in [-0.3, -0.25) is 9.59 Å². The fourth-order valence-corrected chi connectivity index (χ4v) is 3.32. The van der Waals surface area contributed by atoms with Gasteiger partial charge in [0, 0.05) is 32.3 Å². The fourth-order valence-electron chi connectivity index (χ4n) is 3.32. The average Bonchev–Trinajstić information content (AvgIpc) is 3.40. The van der Waals surface area contributed by atoms with Crippen molar-refractivity contribution in [3.63, 3.8) is 0 Å². The van der Waals surface area contributed by atoms with E-state index in [9.17, 15) is 9.59 Å². The highest BCUT2D eigenvalue weighted by Crippen LogP contribution is 2.23. The Bertz CT molecular complexity index is 801. The summed E-state index contributed by atoms with van der Waals surface area (Å²) < 4.78 is 16.3. The Morgan fingerprint density at radius 3 is 2.74 bits per heavy atom. The molecule has 0 bridgehead atoms. The third-order valence-corrected chi connectivity index (χ3v) is 4.78. The number of carbonyl (C=O) groups is 2. The molecule has 2 aromatic rings. The number of hydrogen-bond donors (Lipinski definition) is 0. The number of pyridine rings is 1. The lowest BCUT2D eigenvalue weighted by atomic mass is 10.2. The lowest BCUT2D eigenvalue weighted by Crippen LogP contribution is -2.41. The van der Waals surface area contributed by atoms with E-state index in [1.165, 1.54) is 12.5 Å². The summed E-state index contributed by atoms with van der Waals surface area (Å²) >= 11 is 0. The van der Waals surface area contributed by atoms with Gasteiger partial charge in [-0.1, -0.05) is 0 Å². The third-order valence-electron chi connectivity index (χ3n) is 4.78. The van der Waals surface area contributed by atoms with Gasteiger partial charge in [-0.05, 0) is 18.2 Å². The molecule has 27 heavy (non-hydrogen) atoms. The molecule has 1 unspecified atom stereocenters. The molecule has 0 N–H and O–H groups in total. The third kappa shape index (κ3) is 3.80. The molecule has 4 heterocycles.